The maximum atomic E-state index is 7.94. The first-order chi connectivity index (χ1) is 1.00. The SMILES string of the molecule is N.O=[P].P. The third-order valence-electron chi connectivity index (χ3n) is 0. The molecule has 0 rings (SSSR count). The van der Waals surface area contributed by atoms with Gasteiger partial charge in [-0.3, -0.25) is 4.57 Å². The summed E-state index contributed by atoms with van der Waals surface area (Å²) in [6.45, 7) is 0. The van der Waals surface area contributed by atoms with E-state index >= 15 is 0 Å². The third-order valence-corrected chi connectivity index (χ3v) is 0. The van der Waals surface area contributed by atoms with Crippen LogP contribution in [0, 0.1) is 0 Å². The third kappa shape index (κ3) is 23.0. The average molecular weight is 98.0 g/mol. The van der Waals surface area contributed by atoms with Crippen LogP contribution in [0.3, 0.4) is 0 Å². The monoisotopic (exact) mass is 98.0 g/mol. The highest BCUT2D eigenvalue weighted by atomic mass is 31.0. The van der Waals surface area contributed by atoms with E-state index in [0.717, 1.165) is 0 Å². The molecule has 4 heavy (non-hydrogen) atoms. The Balaban J connectivity index is -0.00000000500. The van der Waals surface area contributed by atoms with E-state index in [1.54, 1.807) is 0 Å². The molecule has 27 valence electrons. The van der Waals surface area contributed by atoms with Crippen molar-refractivity contribution in [2.24, 2.45) is 0 Å². The molecule has 0 aromatic heterocycles. The van der Waals surface area contributed by atoms with Crippen LogP contribution >= 0.6 is 19.0 Å². The molecule has 0 aliphatic rings. The van der Waals surface area contributed by atoms with Crippen molar-refractivity contribution in [2.45, 2.75) is 0 Å². The van der Waals surface area contributed by atoms with Gasteiger partial charge in [0, 0.05) is 0 Å². The number of rotatable bonds is 0. The first kappa shape index (κ1) is 24.6. The molecule has 0 fully saturated rings. The fourth-order valence-electron chi connectivity index (χ4n) is 0. The second-order valence-electron chi connectivity index (χ2n) is 0. The van der Waals surface area contributed by atoms with Gasteiger partial charge in [0.05, 0.1) is 0 Å². The lowest BCUT2D eigenvalue weighted by molar-refractivity contribution is 0.607. The van der Waals surface area contributed by atoms with Gasteiger partial charge in [-0.1, -0.05) is 0 Å². The minimum Gasteiger partial charge on any atom is -0.344 e. The van der Waals surface area contributed by atoms with E-state index in [4.69, 9.17) is 4.57 Å². The van der Waals surface area contributed by atoms with E-state index in [2.05, 4.69) is 9.12 Å². The van der Waals surface area contributed by atoms with Gasteiger partial charge >= 0.3 is 0 Å². The first-order valence-electron chi connectivity index (χ1n) is 0.183. The van der Waals surface area contributed by atoms with Crippen molar-refractivity contribution in [3.05, 3.63) is 0 Å². The summed E-state index contributed by atoms with van der Waals surface area (Å²) in [5.41, 5.74) is 0. The minimum absolute atomic E-state index is 0. The highest BCUT2D eigenvalue weighted by Gasteiger charge is 0.754. The Morgan fingerprint density at radius 2 is 1.25 bits per heavy atom. The lowest BCUT2D eigenvalue weighted by atomic mass is 14.0. The van der Waals surface area contributed by atoms with Crippen molar-refractivity contribution in [3.63, 3.8) is 0 Å². The van der Waals surface area contributed by atoms with E-state index in [-0.39, 0.29) is 16.0 Å². The van der Waals surface area contributed by atoms with E-state index in [1.165, 1.54) is 0 Å². The molecule has 0 spiro atoms. The van der Waals surface area contributed by atoms with E-state index < -0.39 is 0 Å². The van der Waals surface area contributed by atoms with Gasteiger partial charge in [-0.25, -0.2) is 0 Å². The maximum Gasteiger partial charge on any atom is 0.261 e. The van der Waals surface area contributed by atoms with Gasteiger partial charge in [0.2, 0.25) is 0 Å². The van der Waals surface area contributed by atoms with Crippen LogP contribution in [-0.2, 0) is 4.57 Å². The van der Waals surface area contributed by atoms with Crippen LogP contribution in [0.4, 0.5) is 0 Å². The molecular formula is H6NOP2. The van der Waals surface area contributed by atoms with Crippen molar-refractivity contribution in [2.75, 3.05) is 0 Å². The highest BCUT2D eigenvalue weighted by Crippen LogP contribution is 1.23. The Labute approximate surface area is 30.8 Å². The number of hydrogen-bond donors (Lipinski definition) is 1. The Kier molecular flexibility index (Phi) is 555. The summed E-state index contributed by atoms with van der Waals surface area (Å²) in [5, 5.41) is 0. The molecule has 1 radical (unpaired) electrons. The fourth-order valence-corrected chi connectivity index (χ4v) is 0. The normalized spacial score (nSPS) is 1.00. The molecular weight excluding hydrogens is 92.0 g/mol. The highest BCUT2D eigenvalue weighted by molar-refractivity contribution is 7.00. The lowest BCUT2D eigenvalue weighted by Crippen LogP contribution is -0.489. The zero-order chi connectivity index (χ0) is 2.00. The molecule has 0 heterocycles. The lowest BCUT2D eigenvalue weighted by Gasteiger charge is -0.754. The van der Waals surface area contributed by atoms with Crippen LogP contribution in [0.1, 0.15) is 0 Å². The molecule has 3 N–H and O–H groups in total. The Bertz CT molecular complexity index is 6.00. The molecule has 0 saturated carbocycles. The smallest absolute Gasteiger partial charge is 0.261 e. The van der Waals surface area contributed by atoms with Gasteiger partial charge in [0.1, 0.15) is 0 Å². The summed E-state index contributed by atoms with van der Waals surface area (Å²) in [6, 6.07) is 0. The summed E-state index contributed by atoms with van der Waals surface area (Å²) in [7, 11) is 2.28. The van der Waals surface area contributed by atoms with Crippen LogP contribution in [0.5, 0.6) is 0 Å². The van der Waals surface area contributed by atoms with E-state index in [9.17, 15) is 0 Å². The largest absolute Gasteiger partial charge is 0.344 e. The van der Waals surface area contributed by atoms with Crippen molar-refractivity contribution in [1.82, 2.24) is 6.15 Å². The van der Waals surface area contributed by atoms with Gasteiger partial charge in [-0.2, -0.15) is 9.90 Å². The maximum absolute atomic E-state index is 7.94. The van der Waals surface area contributed by atoms with Crippen molar-refractivity contribution in [3.8, 4) is 0 Å². The quantitative estimate of drug-likeness (QED) is 0.459. The molecule has 0 aliphatic carbocycles. The average Bonchev–Trinajstić information content (AvgIpc) is 1.00. The van der Waals surface area contributed by atoms with Crippen molar-refractivity contribution in [1.29, 1.82) is 0 Å². The second-order valence-corrected chi connectivity index (χ2v) is 0. The number of hydrogen-bond acceptors (Lipinski definition) is 2. The van der Waals surface area contributed by atoms with Gasteiger partial charge in [-0.05, 0) is 0 Å². The molecule has 0 aromatic carbocycles. The second kappa shape index (κ2) is 90.1. The Hall–Kier alpha value is 0.490. The molecule has 0 bridgehead atoms. The fraction of sp³-hybridized carbons (Fsp3) is 0. The summed E-state index contributed by atoms with van der Waals surface area (Å²) < 4.78 is 7.94. The van der Waals surface area contributed by atoms with Crippen LogP contribution in [0.25, 0.3) is 0 Å². The van der Waals surface area contributed by atoms with Gasteiger partial charge in [0.15, 0.2) is 0 Å². The van der Waals surface area contributed by atoms with E-state index in [1.807, 2.05) is 0 Å². The zero-order valence-electron chi connectivity index (χ0n) is 2.27. The predicted octanol–water partition coefficient (Wildman–Crippen LogP) is 0.962. The van der Waals surface area contributed by atoms with E-state index in [0.29, 0.717) is 0 Å². The van der Waals surface area contributed by atoms with Crippen LogP contribution in [0.15, 0.2) is 0 Å². The summed E-state index contributed by atoms with van der Waals surface area (Å²) in [4.78, 5) is 0. The van der Waals surface area contributed by atoms with Crippen LogP contribution in [-0.4, -0.2) is 0 Å². The summed E-state index contributed by atoms with van der Waals surface area (Å²) in [6.07, 6.45) is 0. The van der Waals surface area contributed by atoms with Crippen LogP contribution in [0.2, 0.25) is 0 Å². The Morgan fingerprint density at radius 1 is 1.25 bits per heavy atom. The first-order valence-corrected chi connectivity index (χ1v) is 0.548. The molecule has 0 aromatic rings. The molecule has 1 unspecified atom stereocenters. The molecule has 0 saturated heterocycles. The minimum atomic E-state index is 0. The van der Waals surface area contributed by atoms with Crippen molar-refractivity contribution >= 4 is 19.0 Å². The van der Waals surface area contributed by atoms with Gasteiger partial charge in [0.25, 0.3) is 9.12 Å². The zero-order valence-corrected chi connectivity index (χ0v) is 4.58. The summed E-state index contributed by atoms with van der Waals surface area (Å²) >= 11 is 0. The Morgan fingerprint density at radius 3 is 1.25 bits per heavy atom. The van der Waals surface area contributed by atoms with Gasteiger partial charge < -0.3 is 6.15 Å². The molecule has 4 heteroatoms. The van der Waals surface area contributed by atoms with Gasteiger partial charge in [-0.15, -0.1) is 0 Å². The van der Waals surface area contributed by atoms with Crippen molar-refractivity contribution < 1.29 is 4.57 Å². The summed E-state index contributed by atoms with van der Waals surface area (Å²) in [5.74, 6) is 0. The molecule has 2 nitrogen and oxygen atoms in total. The molecule has 1 atom stereocenters. The standard InChI is InChI=1S/H3N.OP.H3P/c;1-2;/h1H3;;1H3. The van der Waals surface area contributed by atoms with Crippen LogP contribution < -0.4 is 6.15 Å². The molecule has 0 amide bonds. The molecule has 0 aliphatic heterocycles. The predicted molar refractivity (Wildman–Crippen MR) is 23.7 cm³/mol. The topological polar surface area (TPSA) is 52.1 Å².